The molecule has 0 N–H and O–H groups in total. The van der Waals surface area contributed by atoms with E-state index in [0.29, 0.717) is 17.3 Å². The number of likely N-dealkylation sites (tertiary alicyclic amines) is 1. The van der Waals surface area contributed by atoms with Crippen LogP contribution in [-0.2, 0) is 21.2 Å². The van der Waals surface area contributed by atoms with E-state index in [1.54, 1.807) is 27.8 Å². The van der Waals surface area contributed by atoms with Crippen molar-refractivity contribution in [1.29, 1.82) is 0 Å². The van der Waals surface area contributed by atoms with Crippen molar-refractivity contribution in [3.8, 4) is 0 Å². The second kappa shape index (κ2) is 8.61. The minimum atomic E-state index is -3.45. The smallest absolute Gasteiger partial charge is 0.252 e. The second-order valence-corrected chi connectivity index (χ2v) is 12.5. The molecule has 4 heterocycles. The van der Waals surface area contributed by atoms with Crippen molar-refractivity contribution >= 4 is 48.8 Å². The molecule has 0 radical (unpaired) electrons. The predicted molar refractivity (Wildman–Crippen MR) is 124 cm³/mol. The molecule has 1 unspecified atom stereocenters. The zero-order chi connectivity index (χ0) is 21.4. The Morgan fingerprint density at radius 1 is 1.00 bits per heavy atom. The summed E-state index contributed by atoms with van der Waals surface area (Å²) in [5.74, 6) is 0.0468. The number of fused-ring (bicyclic) bond motifs is 1. The van der Waals surface area contributed by atoms with Gasteiger partial charge in [0.2, 0.25) is 5.91 Å². The molecule has 5 rings (SSSR count). The molecule has 0 bridgehead atoms. The Morgan fingerprint density at radius 3 is 2.61 bits per heavy atom. The van der Waals surface area contributed by atoms with Crippen molar-refractivity contribution in [3.05, 3.63) is 46.3 Å². The number of thiazole rings is 1. The van der Waals surface area contributed by atoms with Crippen molar-refractivity contribution < 1.29 is 13.2 Å². The lowest BCUT2D eigenvalue weighted by atomic mass is 10.2. The lowest BCUT2D eigenvalue weighted by molar-refractivity contribution is -0.131. The number of benzene rings is 1. The van der Waals surface area contributed by atoms with Gasteiger partial charge in [0.05, 0.1) is 22.7 Å². The van der Waals surface area contributed by atoms with Gasteiger partial charge in [0.1, 0.15) is 9.22 Å². The maximum Gasteiger partial charge on any atom is 0.252 e. The Balaban J connectivity index is 1.30. The van der Waals surface area contributed by atoms with Gasteiger partial charge >= 0.3 is 0 Å². The predicted octanol–water partition coefficient (Wildman–Crippen LogP) is 4.44. The number of rotatable bonds is 5. The van der Waals surface area contributed by atoms with Crippen LogP contribution in [0.4, 0.5) is 0 Å². The highest BCUT2D eigenvalue weighted by Gasteiger charge is 2.33. The van der Waals surface area contributed by atoms with E-state index in [1.807, 2.05) is 23.1 Å². The van der Waals surface area contributed by atoms with E-state index in [0.717, 1.165) is 58.8 Å². The van der Waals surface area contributed by atoms with Gasteiger partial charge in [-0.1, -0.05) is 18.6 Å². The second-order valence-electron chi connectivity index (χ2n) is 8.13. The average Bonchev–Trinajstić information content (AvgIpc) is 3.52. The molecule has 2 aliphatic rings. The van der Waals surface area contributed by atoms with Crippen molar-refractivity contribution in [2.24, 2.45) is 0 Å². The van der Waals surface area contributed by atoms with Crippen LogP contribution < -0.4 is 0 Å². The van der Waals surface area contributed by atoms with Gasteiger partial charge < -0.3 is 4.90 Å². The summed E-state index contributed by atoms with van der Waals surface area (Å²) in [6.07, 6.45) is 5.04. The molecule has 2 fully saturated rings. The van der Waals surface area contributed by atoms with E-state index in [9.17, 15) is 13.2 Å². The number of hydrogen-bond acceptors (Lipinski definition) is 6. The number of nitrogens with zero attached hydrogens (tertiary/aromatic N) is 3. The highest BCUT2D eigenvalue weighted by Crippen LogP contribution is 2.37. The van der Waals surface area contributed by atoms with Crippen molar-refractivity contribution in [2.75, 3.05) is 19.6 Å². The third kappa shape index (κ3) is 4.16. The fourth-order valence-corrected chi connectivity index (χ4v) is 8.56. The van der Waals surface area contributed by atoms with Gasteiger partial charge in [-0.15, -0.1) is 22.7 Å². The van der Waals surface area contributed by atoms with E-state index in [4.69, 9.17) is 4.98 Å². The number of sulfonamides is 1. The molecule has 2 aromatic heterocycles. The largest absolute Gasteiger partial charge is 0.333 e. The first kappa shape index (κ1) is 21.1. The molecule has 1 aromatic carbocycles. The Labute approximate surface area is 190 Å². The van der Waals surface area contributed by atoms with Gasteiger partial charge in [-0.2, -0.15) is 4.31 Å². The summed E-state index contributed by atoms with van der Waals surface area (Å²) >= 11 is 2.89. The normalized spacial score (nSPS) is 20.5. The van der Waals surface area contributed by atoms with E-state index < -0.39 is 10.0 Å². The number of amides is 1. The van der Waals surface area contributed by atoms with Gasteiger partial charge in [-0.3, -0.25) is 4.79 Å². The number of thiophene rings is 1. The van der Waals surface area contributed by atoms with Crippen molar-refractivity contribution in [1.82, 2.24) is 14.2 Å². The van der Waals surface area contributed by atoms with Crippen LogP contribution in [0.5, 0.6) is 0 Å². The van der Waals surface area contributed by atoms with Crippen LogP contribution in [0.3, 0.4) is 0 Å². The molecule has 3 aromatic rings. The van der Waals surface area contributed by atoms with E-state index in [-0.39, 0.29) is 18.4 Å². The lowest BCUT2D eigenvalue weighted by Crippen LogP contribution is -2.35. The maximum atomic E-state index is 13.1. The van der Waals surface area contributed by atoms with Crippen LogP contribution in [0.1, 0.15) is 48.0 Å². The highest BCUT2D eigenvalue weighted by atomic mass is 32.2. The number of aromatic nitrogens is 1. The first-order valence-electron chi connectivity index (χ1n) is 10.8. The molecular weight excluding hydrogens is 450 g/mol. The summed E-state index contributed by atoms with van der Waals surface area (Å²) in [7, 11) is -3.45. The third-order valence-electron chi connectivity index (χ3n) is 6.04. The summed E-state index contributed by atoms with van der Waals surface area (Å²) in [5.41, 5.74) is 0.979. The molecule has 1 atom stereocenters. The summed E-state index contributed by atoms with van der Waals surface area (Å²) in [4.78, 5) is 20.6. The van der Waals surface area contributed by atoms with E-state index in [2.05, 4.69) is 6.07 Å². The number of carbonyl (C=O) groups is 1. The van der Waals surface area contributed by atoms with Crippen LogP contribution in [0, 0.1) is 0 Å². The fraction of sp³-hybridized carbons (Fsp3) is 0.455. The van der Waals surface area contributed by atoms with Gasteiger partial charge in [0.25, 0.3) is 10.0 Å². The quantitative estimate of drug-likeness (QED) is 0.547. The van der Waals surface area contributed by atoms with Crippen molar-refractivity contribution in [2.45, 2.75) is 48.8 Å². The molecule has 0 saturated carbocycles. The molecule has 164 valence electrons. The molecule has 6 nitrogen and oxygen atoms in total. The topological polar surface area (TPSA) is 70.6 Å². The Bertz CT molecular complexity index is 1160. The van der Waals surface area contributed by atoms with Crippen LogP contribution in [-0.4, -0.2) is 48.1 Å². The number of carbonyl (C=O) groups excluding carboxylic acids is 1. The van der Waals surface area contributed by atoms with Crippen LogP contribution in [0.2, 0.25) is 0 Å². The fourth-order valence-electron chi connectivity index (χ4n) is 4.43. The molecule has 1 amide bonds. The molecule has 2 saturated heterocycles. The minimum absolute atomic E-state index is 0.0152. The summed E-state index contributed by atoms with van der Waals surface area (Å²) in [6.45, 7) is 1.90. The van der Waals surface area contributed by atoms with Crippen LogP contribution in [0.15, 0.2) is 40.6 Å². The summed E-state index contributed by atoms with van der Waals surface area (Å²) < 4.78 is 28.9. The van der Waals surface area contributed by atoms with Gasteiger partial charge in [0, 0.05) is 24.5 Å². The molecule has 31 heavy (non-hydrogen) atoms. The Morgan fingerprint density at radius 2 is 1.81 bits per heavy atom. The van der Waals surface area contributed by atoms with E-state index in [1.165, 1.54) is 11.3 Å². The third-order valence-corrected chi connectivity index (χ3v) is 10.6. The average molecular weight is 476 g/mol. The number of piperidine rings is 1. The SMILES string of the molecule is O=C(Cc1ccc(S(=O)(=O)N2CCCCC2)s1)N1CCCC1c1nc2ccccc2s1. The molecule has 0 aliphatic carbocycles. The lowest BCUT2D eigenvalue weighted by Gasteiger charge is -2.25. The number of para-hydroxylation sites is 1. The minimum Gasteiger partial charge on any atom is -0.333 e. The zero-order valence-electron chi connectivity index (χ0n) is 17.2. The van der Waals surface area contributed by atoms with Crippen molar-refractivity contribution in [3.63, 3.8) is 0 Å². The first-order valence-corrected chi connectivity index (χ1v) is 13.8. The summed E-state index contributed by atoms with van der Waals surface area (Å²) in [5, 5.41) is 0.992. The molecular formula is C22H25N3O3S3. The van der Waals surface area contributed by atoms with Gasteiger partial charge in [0.15, 0.2) is 0 Å². The summed E-state index contributed by atoms with van der Waals surface area (Å²) in [6, 6.07) is 11.5. The first-order chi connectivity index (χ1) is 15.0. The highest BCUT2D eigenvalue weighted by molar-refractivity contribution is 7.91. The van der Waals surface area contributed by atoms with E-state index >= 15 is 0 Å². The monoisotopic (exact) mass is 475 g/mol. The Kier molecular flexibility index (Phi) is 5.85. The number of hydrogen-bond donors (Lipinski definition) is 0. The van der Waals surface area contributed by atoms with Crippen LogP contribution >= 0.6 is 22.7 Å². The molecule has 2 aliphatic heterocycles. The maximum absolute atomic E-state index is 13.1. The van der Waals surface area contributed by atoms with Gasteiger partial charge in [-0.25, -0.2) is 13.4 Å². The molecule has 0 spiro atoms. The molecule has 9 heteroatoms. The Hall–Kier alpha value is -1.81. The standard InChI is InChI=1S/C22H25N3O3S3/c26-20(15-16-10-11-21(29-16)31(27,28)24-12-4-1-5-13-24)25-14-6-8-18(25)22-23-17-7-2-3-9-19(17)30-22/h2-3,7,9-11,18H,1,4-6,8,12-15H2. The van der Waals surface area contributed by atoms with Gasteiger partial charge in [-0.05, 0) is 49.9 Å². The zero-order valence-corrected chi connectivity index (χ0v) is 19.6. The van der Waals surface area contributed by atoms with Crippen LogP contribution in [0.25, 0.3) is 10.2 Å².